The molecule has 27 heavy (non-hydrogen) atoms. The van der Waals surface area contributed by atoms with Gasteiger partial charge in [-0.05, 0) is 0 Å². The van der Waals surface area contributed by atoms with E-state index in [0.29, 0.717) is 0 Å². The zero-order valence-electron chi connectivity index (χ0n) is 22.4. The van der Waals surface area contributed by atoms with Gasteiger partial charge in [-0.25, -0.2) is 0 Å². The first-order valence-corrected chi connectivity index (χ1v) is 20.0. The van der Waals surface area contributed by atoms with Crippen LogP contribution < -0.4 is 0 Å². The van der Waals surface area contributed by atoms with Gasteiger partial charge in [-0.2, -0.15) is 0 Å². The molecule has 0 atom stereocenters. The van der Waals surface area contributed by atoms with Crippen LogP contribution >= 0.6 is 0 Å². The van der Waals surface area contributed by atoms with Gasteiger partial charge in [0.2, 0.25) is 0 Å². The summed E-state index contributed by atoms with van der Waals surface area (Å²) in [7, 11) is 0. The van der Waals surface area contributed by atoms with Crippen LogP contribution in [-0.2, 0) is 0 Å². The molecule has 0 heterocycles. The first-order chi connectivity index (χ1) is 13.2. The van der Waals surface area contributed by atoms with Crippen molar-refractivity contribution in [2.75, 3.05) is 0 Å². The van der Waals surface area contributed by atoms with E-state index < -0.39 is 18.4 Å². The number of unbranched alkanes of at least 4 members (excludes halogenated alkanes) is 3. The molecule has 0 fully saturated rings. The molecule has 0 radical (unpaired) electrons. The molecule has 0 bridgehead atoms. The van der Waals surface area contributed by atoms with Crippen molar-refractivity contribution < 1.29 is 0 Å². The van der Waals surface area contributed by atoms with Crippen LogP contribution in [0.25, 0.3) is 0 Å². The van der Waals surface area contributed by atoms with Gasteiger partial charge in [0.05, 0.1) is 0 Å². The summed E-state index contributed by atoms with van der Waals surface area (Å²) in [4.78, 5) is 0. The van der Waals surface area contributed by atoms with Crippen LogP contribution in [0.1, 0.15) is 129 Å². The van der Waals surface area contributed by atoms with Gasteiger partial charge in [-0.1, -0.05) is 69.2 Å². The predicted octanol–water partition coefficient (Wildman–Crippen LogP) is 11.2. The largest absolute Gasteiger partial charge is 0.0683 e. The van der Waals surface area contributed by atoms with Crippen molar-refractivity contribution in [1.82, 2.24) is 0 Å². The Morgan fingerprint density at radius 3 is 0.963 bits per heavy atom. The average Bonchev–Trinajstić information content (AvgIpc) is 2.79. The topological polar surface area (TPSA) is 0 Å². The first-order valence-electron chi connectivity index (χ1n) is 12.5. The maximum atomic E-state index is 4.38. The fourth-order valence-electron chi connectivity index (χ4n) is 2.62. The Bertz CT molecular complexity index is 196. The SMILES string of the molecule is C=C[C](=C)[Sn]([CH2]CCC)([CH2]CCC)[CH2]CCC.CC.CC.CC.CC.CC. The minimum absolute atomic E-state index is 1.33. The van der Waals surface area contributed by atoms with Crippen molar-refractivity contribution in [1.29, 1.82) is 0 Å². The Kier molecular flexibility index (Phi) is 69.6. The van der Waals surface area contributed by atoms with Crippen molar-refractivity contribution in [3.63, 3.8) is 0 Å². The number of hydrogen-bond donors (Lipinski definition) is 0. The maximum Gasteiger partial charge on any atom is -0.0683 e. The fourth-order valence-corrected chi connectivity index (χ4v) is 17.6. The maximum absolute atomic E-state index is 4.38. The van der Waals surface area contributed by atoms with Gasteiger partial charge >= 0.3 is 114 Å². The van der Waals surface area contributed by atoms with Crippen LogP contribution in [0.4, 0.5) is 0 Å². The summed E-state index contributed by atoms with van der Waals surface area (Å²) in [5, 5.41) is 0. The third kappa shape index (κ3) is 28.6. The molecule has 0 aliphatic rings. The minimum Gasteiger partial charge on any atom is -0.0683 e. The predicted molar refractivity (Wildman–Crippen MR) is 141 cm³/mol. The molecule has 0 saturated heterocycles. The van der Waals surface area contributed by atoms with Crippen molar-refractivity contribution in [2.45, 2.75) is 142 Å². The summed E-state index contributed by atoms with van der Waals surface area (Å²) in [6, 6.07) is 0. The summed E-state index contributed by atoms with van der Waals surface area (Å²) in [5.41, 5.74) is 0. The molecule has 0 N–H and O–H groups in total. The standard InChI is InChI=1S/3C4H9.C4H5.5C2H6.Sn/c4*1-3-4-2;5*1-2;/h3*1,3-4H2,2H3;3H,1-2H2;5*1-2H3;. The van der Waals surface area contributed by atoms with Crippen LogP contribution in [0.5, 0.6) is 0 Å². The molecule has 170 valence electrons. The van der Waals surface area contributed by atoms with E-state index in [2.05, 4.69) is 40.0 Å². The molecule has 0 aromatic rings. The Balaban J connectivity index is -0.0000000945. The van der Waals surface area contributed by atoms with Crippen LogP contribution in [0.15, 0.2) is 22.8 Å². The molecule has 0 nitrogen and oxygen atoms in total. The Hall–Kier alpha value is 0.279. The van der Waals surface area contributed by atoms with Crippen LogP contribution in [0.3, 0.4) is 0 Å². The number of rotatable bonds is 11. The van der Waals surface area contributed by atoms with Crippen LogP contribution in [0, 0.1) is 0 Å². The molecular weight excluding hydrogens is 431 g/mol. The third-order valence-corrected chi connectivity index (χ3v) is 19.6. The van der Waals surface area contributed by atoms with Gasteiger partial charge in [-0.3, -0.25) is 0 Å². The summed E-state index contributed by atoms with van der Waals surface area (Å²) in [6.45, 7) is 35.3. The normalized spacial score (nSPS) is 8.33. The van der Waals surface area contributed by atoms with Gasteiger partial charge < -0.3 is 0 Å². The van der Waals surface area contributed by atoms with Crippen molar-refractivity contribution in [2.24, 2.45) is 0 Å². The second kappa shape index (κ2) is 45.2. The monoisotopic (exact) mass is 494 g/mol. The molecule has 0 aromatic carbocycles. The van der Waals surface area contributed by atoms with Crippen LogP contribution in [-0.4, -0.2) is 18.4 Å². The van der Waals surface area contributed by atoms with Gasteiger partial charge in [0, 0.05) is 0 Å². The van der Waals surface area contributed by atoms with E-state index in [4.69, 9.17) is 0 Å². The van der Waals surface area contributed by atoms with Gasteiger partial charge in [-0.15, -0.1) is 0 Å². The number of hydrogen-bond acceptors (Lipinski definition) is 0. The van der Waals surface area contributed by atoms with E-state index in [-0.39, 0.29) is 0 Å². The molecule has 0 unspecified atom stereocenters. The van der Waals surface area contributed by atoms with E-state index in [0.717, 1.165) is 0 Å². The van der Waals surface area contributed by atoms with Gasteiger partial charge in [0.15, 0.2) is 0 Å². The van der Waals surface area contributed by atoms with E-state index in [1.165, 1.54) is 55.4 Å². The van der Waals surface area contributed by atoms with Gasteiger partial charge in [0.1, 0.15) is 0 Å². The molecule has 0 aliphatic heterocycles. The average molecular weight is 493 g/mol. The third-order valence-electron chi connectivity index (χ3n) is 3.95. The second-order valence-corrected chi connectivity index (χ2v) is 18.7. The molecular formula is C26H62Sn. The first kappa shape index (κ1) is 41.6. The quantitative estimate of drug-likeness (QED) is 0.198. The second-order valence-electron chi connectivity index (χ2n) is 5.32. The molecule has 0 aromatic heterocycles. The zero-order valence-corrected chi connectivity index (χ0v) is 25.2. The summed E-state index contributed by atoms with van der Waals surface area (Å²) in [6.07, 6.45) is 10.3. The molecule has 1 heteroatoms. The molecule has 0 rings (SSSR count). The molecule has 0 amide bonds. The summed E-state index contributed by atoms with van der Waals surface area (Å²) >= 11 is -2.11. The van der Waals surface area contributed by atoms with E-state index in [1.54, 1.807) is 0 Å². The zero-order chi connectivity index (χ0) is 23.1. The minimum atomic E-state index is -2.11. The molecule has 0 spiro atoms. The molecule has 0 saturated carbocycles. The Morgan fingerprint density at radius 1 is 0.593 bits per heavy atom. The van der Waals surface area contributed by atoms with Crippen molar-refractivity contribution in [3.8, 4) is 0 Å². The van der Waals surface area contributed by atoms with Crippen molar-refractivity contribution in [3.05, 3.63) is 22.8 Å². The Labute approximate surface area is 182 Å². The fraction of sp³-hybridized carbons (Fsp3) is 0.846. The summed E-state index contributed by atoms with van der Waals surface area (Å²) < 4.78 is 6.02. The van der Waals surface area contributed by atoms with E-state index in [1.807, 2.05) is 69.2 Å². The number of allylic oxidation sites excluding steroid dienone is 2. The van der Waals surface area contributed by atoms with E-state index >= 15 is 0 Å². The Morgan fingerprint density at radius 2 is 0.815 bits per heavy atom. The van der Waals surface area contributed by atoms with E-state index in [9.17, 15) is 0 Å². The van der Waals surface area contributed by atoms with Gasteiger partial charge in [0.25, 0.3) is 0 Å². The van der Waals surface area contributed by atoms with Crippen LogP contribution in [0.2, 0.25) is 13.3 Å². The van der Waals surface area contributed by atoms with Crippen molar-refractivity contribution >= 4 is 18.4 Å². The summed E-state index contributed by atoms with van der Waals surface area (Å²) in [5.74, 6) is 0. The smallest absolute Gasteiger partial charge is 0.0683 e. The molecule has 0 aliphatic carbocycles.